The first kappa shape index (κ1) is 13.2. The molecule has 0 aromatic rings. The van der Waals surface area contributed by atoms with Crippen molar-refractivity contribution in [2.45, 2.75) is 53.9 Å². The molecule has 0 saturated heterocycles. The maximum atomic E-state index is 4.37. The van der Waals surface area contributed by atoms with Crippen LogP contribution in [0.15, 0.2) is 28.9 Å². The first-order valence-corrected chi connectivity index (χ1v) is 6.38. The van der Waals surface area contributed by atoms with E-state index < -0.39 is 0 Å². The molecule has 1 nitrogen and oxygen atoms in total. The molecule has 0 bridgehead atoms. The Hall–Kier alpha value is -0.850. The van der Waals surface area contributed by atoms with E-state index in [4.69, 9.17) is 0 Å². The standard InChI is InChI=1S/C15H25N/c1-6-8-14(3,4)13-11-15(5,7-2)9-10-16-12-13/h9-12H,6-8H2,1-5H3. The lowest BCUT2D eigenvalue weighted by Gasteiger charge is -2.28. The van der Waals surface area contributed by atoms with E-state index >= 15 is 0 Å². The monoisotopic (exact) mass is 219 g/mol. The minimum atomic E-state index is 0.164. The van der Waals surface area contributed by atoms with Crippen molar-refractivity contribution in [3.05, 3.63) is 23.9 Å². The molecule has 0 aromatic carbocycles. The molecule has 1 atom stereocenters. The lowest BCUT2D eigenvalue weighted by atomic mass is 9.76. The van der Waals surface area contributed by atoms with Gasteiger partial charge in [0.05, 0.1) is 0 Å². The quantitative estimate of drug-likeness (QED) is 0.647. The van der Waals surface area contributed by atoms with Gasteiger partial charge in [-0.3, -0.25) is 4.99 Å². The molecule has 0 amide bonds. The van der Waals surface area contributed by atoms with E-state index in [0.717, 1.165) is 6.42 Å². The molecule has 0 saturated carbocycles. The summed E-state index contributed by atoms with van der Waals surface area (Å²) in [6.45, 7) is 11.4. The summed E-state index contributed by atoms with van der Waals surface area (Å²) in [7, 11) is 0. The van der Waals surface area contributed by atoms with Crippen LogP contribution >= 0.6 is 0 Å². The molecule has 90 valence electrons. The van der Waals surface area contributed by atoms with E-state index in [1.165, 1.54) is 18.4 Å². The Bertz CT molecular complexity index is 320. The molecule has 1 heteroatoms. The van der Waals surface area contributed by atoms with Crippen LogP contribution in [-0.2, 0) is 0 Å². The summed E-state index contributed by atoms with van der Waals surface area (Å²) in [6.07, 6.45) is 12.1. The summed E-state index contributed by atoms with van der Waals surface area (Å²) in [5.74, 6) is 0. The predicted molar refractivity (Wildman–Crippen MR) is 72.8 cm³/mol. The molecule has 1 unspecified atom stereocenters. The van der Waals surface area contributed by atoms with Gasteiger partial charge in [-0.15, -0.1) is 0 Å². The van der Waals surface area contributed by atoms with Crippen LogP contribution in [0.2, 0.25) is 0 Å². The van der Waals surface area contributed by atoms with Gasteiger partial charge in [-0.2, -0.15) is 0 Å². The van der Waals surface area contributed by atoms with E-state index in [1.54, 1.807) is 0 Å². The van der Waals surface area contributed by atoms with Gasteiger partial charge in [0, 0.05) is 17.8 Å². The van der Waals surface area contributed by atoms with Crippen molar-refractivity contribution in [3.63, 3.8) is 0 Å². The second kappa shape index (κ2) is 4.99. The van der Waals surface area contributed by atoms with Gasteiger partial charge in [0.25, 0.3) is 0 Å². The maximum absolute atomic E-state index is 4.37. The van der Waals surface area contributed by atoms with Crippen molar-refractivity contribution < 1.29 is 0 Å². The van der Waals surface area contributed by atoms with Gasteiger partial charge in [0.1, 0.15) is 0 Å². The van der Waals surface area contributed by atoms with Crippen molar-refractivity contribution in [1.82, 2.24) is 0 Å². The molecule has 16 heavy (non-hydrogen) atoms. The first-order chi connectivity index (χ1) is 7.43. The Balaban J connectivity index is 3.03. The van der Waals surface area contributed by atoms with Gasteiger partial charge >= 0.3 is 0 Å². The summed E-state index contributed by atoms with van der Waals surface area (Å²) >= 11 is 0. The molecule has 0 N–H and O–H groups in total. The minimum Gasteiger partial charge on any atom is -0.265 e. The summed E-state index contributed by atoms with van der Waals surface area (Å²) in [6, 6.07) is 0. The van der Waals surface area contributed by atoms with E-state index in [0.29, 0.717) is 0 Å². The SMILES string of the molecule is CCCC(C)(C)C1=CC(C)(CC)C=CN=C1. The Kier molecular flexibility index (Phi) is 4.12. The van der Waals surface area contributed by atoms with E-state index in [2.05, 4.69) is 51.8 Å². The Morgan fingerprint density at radius 2 is 2.00 bits per heavy atom. The Labute approximate surface area is 100 Å². The second-order valence-electron chi connectivity index (χ2n) is 5.69. The number of hydrogen-bond acceptors (Lipinski definition) is 1. The number of nitrogens with zero attached hydrogens (tertiary/aromatic N) is 1. The number of hydrogen-bond donors (Lipinski definition) is 0. The third kappa shape index (κ3) is 3.07. The fourth-order valence-electron chi connectivity index (χ4n) is 2.14. The molecule has 0 spiro atoms. The number of aliphatic imine (C=N–C) groups is 1. The molecular formula is C15H25N. The maximum Gasteiger partial charge on any atom is 0.0302 e. The van der Waals surface area contributed by atoms with Crippen molar-refractivity contribution in [1.29, 1.82) is 0 Å². The molecule has 1 aliphatic rings. The fraction of sp³-hybridized carbons (Fsp3) is 0.667. The Morgan fingerprint density at radius 3 is 2.56 bits per heavy atom. The largest absolute Gasteiger partial charge is 0.265 e. The molecule has 0 aliphatic carbocycles. The highest BCUT2D eigenvalue weighted by atomic mass is 14.7. The van der Waals surface area contributed by atoms with Crippen LogP contribution in [0.3, 0.4) is 0 Å². The number of rotatable bonds is 4. The normalized spacial score (nSPS) is 25.4. The van der Waals surface area contributed by atoms with Crippen LogP contribution in [-0.4, -0.2) is 6.21 Å². The molecule has 0 radical (unpaired) electrons. The topological polar surface area (TPSA) is 12.4 Å². The van der Waals surface area contributed by atoms with Crippen LogP contribution in [0.4, 0.5) is 0 Å². The van der Waals surface area contributed by atoms with Crippen molar-refractivity contribution in [2.24, 2.45) is 15.8 Å². The lowest BCUT2D eigenvalue weighted by molar-refractivity contribution is 0.408. The predicted octanol–water partition coefficient (Wildman–Crippen LogP) is 4.75. The van der Waals surface area contributed by atoms with Gasteiger partial charge in [0.2, 0.25) is 0 Å². The summed E-state index contributed by atoms with van der Waals surface area (Å²) in [5.41, 5.74) is 1.78. The molecule has 0 aromatic heterocycles. The zero-order valence-corrected chi connectivity index (χ0v) is 11.4. The van der Waals surface area contributed by atoms with Crippen LogP contribution in [0.25, 0.3) is 0 Å². The van der Waals surface area contributed by atoms with Gasteiger partial charge in [-0.1, -0.05) is 53.2 Å². The molecular weight excluding hydrogens is 194 g/mol. The van der Waals surface area contributed by atoms with E-state index in [-0.39, 0.29) is 10.8 Å². The number of allylic oxidation sites excluding steroid dienone is 3. The third-order valence-electron chi connectivity index (χ3n) is 3.66. The van der Waals surface area contributed by atoms with Gasteiger partial charge in [0.15, 0.2) is 0 Å². The van der Waals surface area contributed by atoms with Gasteiger partial charge < -0.3 is 0 Å². The average Bonchev–Trinajstić information content (AvgIpc) is 2.41. The van der Waals surface area contributed by atoms with E-state index in [1.807, 2.05) is 12.4 Å². The van der Waals surface area contributed by atoms with Crippen molar-refractivity contribution in [2.75, 3.05) is 0 Å². The average molecular weight is 219 g/mol. The minimum absolute atomic E-state index is 0.164. The van der Waals surface area contributed by atoms with E-state index in [9.17, 15) is 0 Å². The van der Waals surface area contributed by atoms with Gasteiger partial charge in [-0.05, 0) is 23.8 Å². The van der Waals surface area contributed by atoms with Gasteiger partial charge in [-0.25, -0.2) is 0 Å². The second-order valence-corrected chi connectivity index (χ2v) is 5.69. The van der Waals surface area contributed by atoms with Crippen molar-refractivity contribution >= 4 is 6.21 Å². The first-order valence-electron chi connectivity index (χ1n) is 6.38. The summed E-state index contributed by atoms with van der Waals surface area (Å²) in [5, 5.41) is 0. The molecule has 1 aliphatic heterocycles. The molecule has 0 fully saturated rings. The Morgan fingerprint density at radius 1 is 1.31 bits per heavy atom. The van der Waals surface area contributed by atoms with Crippen LogP contribution in [0.5, 0.6) is 0 Å². The highest BCUT2D eigenvalue weighted by Crippen LogP contribution is 2.36. The highest BCUT2D eigenvalue weighted by molar-refractivity contribution is 5.81. The zero-order valence-electron chi connectivity index (χ0n) is 11.4. The van der Waals surface area contributed by atoms with Crippen LogP contribution in [0, 0.1) is 10.8 Å². The fourth-order valence-corrected chi connectivity index (χ4v) is 2.14. The zero-order chi connectivity index (χ0) is 12.2. The van der Waals surface area contributed by atoms with Crippen LogP contribution < -0.4 is 0 Å². The smallest absolute Gasteiger partial charge is 0.0302 e. The third-order valence-corrected chi connectivity index (χ3v) is 3.66. The van der Waals surface area contributed by atoms with Crippen LogP contribution in [0.1, 0.15) is 53.9 Å². The highest BCUT2D eigenvalue weighted by Gasteiger charge is 2.26. The molecule has 1 heterocycles. The molecule has 1 rings (SSSR count). The summed E-state index contributed by atoms with van der Waals surface area (Å²) in [4.78, 5) is 4.37. The summed E-state index contributed by atoms with van der Waals surface area (Å²) < 4.78 is 0. The van der Waals surface area contributed by atoms with Crippen molar-refractivity contribution in [3.8, 4) is 0 Å². The lowest BCUT2D eigenvalue weighted by Crippen LogP contribution is -2.18.